The van der Waals surface area contributed by atoms with E-state index in [4.69, 9.17) is 25.1 Å². The second-order valence-electron chi connectivity index (χ2n) is 10.1. The Labute approximate surface area is 214 Å². The molecule has 192 valence electrons. The molecule has 0 unspecified atom stereocenters. The molecular formula is C28H35FN2O4Si. The molecule has 2 aliphatic heterocycles. The van der Waals surface area contributed by atoms with Crippen molar-refractivity contribution in [2.45, 2.75) is 56.9 Å². The summed E-state index contributed by atoms with van der Waals surface area (Å²) >= 11 is 0. The van der Waals surface area contributed by atoms with Gasteiger partial charge in [0.2, 0.25) is 0 Å². The predicted octanol–water partition coefficient (Wildman–Crippen LogP) is 4.41. The number of terminal acetylenes is 1. The van der Waals surface area contributed by atoms with Gasteiger partial charge in [-0.3, -0.25) is 5.32 Å². The molecule has 4 rings (SSSR count). The van der Waals surface area contributed by atoms with Crippen LogP contribution < -0.4 is 5.32 Å². The highest BCUT2D eigenvalue weighted by Crippen LogP contribution is 2.39. The first-order valence-electron chi connectivity index (χ1n) is 12.2. The van der Waals surface area contributed by atoms with E-state index in [1.54, 1.807) is 4.90 Å². The summed E-state index contributed by atoms with van der Waals surface area (Å²) in [5.74, 6) is 2.57. The lowest BCUT2D eigenvalue weighted by Crippen LogP contribution is -2.52. The van der Waals surface area contributed by atoms with Crippen LogP contribution in [0.15, 0.2) is 72.7 Å². The van der Waals surface area contributed by atoms with Gasteiger partial charge in [-0.1, -0.05) is 66.6 Å². The molecule has 2 aromatic carbocycles. The van der Waals surface area contributed by atoms with Crippen LogP contribution in [0.25, 0.3) is 0 Å². The van der Waals surface area contributed by atoms with Crippen molar-refractivity contribution < 1.29 is 23.0 Å². The van der Waals surface area contributed by atoms with Gasteiger partial charge in [0.15, 0.2) is 20.1 Å². The zero-order valence-corrected chi connectivity index (χ0v) is 22.2. The van der Waals surface area contributed by atoms with Crippen molar-refractivity contribution in [2.24, 2.45) is 0 Å². The van der Waals surface area contributed by atoms with Crippen molar-refractivity contribution in [1.82, 2.24) is 10.2 Å². The molecule has 0 spiro atoms. The molecule has 0 radical (unpaired) electrons. The number of rotatable bonds is 10. The minimum Gasteiger partial charge on any atom is -0.407 e. The first kappa shape index (κ1) is 26.5. The fourth-order valence-electron chi connectivity index (χ4n) is 4.45. The van der Waals surface area contributed by atoms with E-state index in [0.29, 0.717) is 19.9 Å². The van der Waals surface area contributed by atoms with Crippen LogP contribution in [0.1, 0.15) is 11.1 Å². The summed E-state index contributed by atoms with van der Waals surface area (Å²) < 4.78 is 40.1. The number of nitrogens with zero attached hydrogens (tertiary/aromatic N) is 1. The monoisotopic (exact) mass is 510 g/mol. The predicted molar refractivity (Wildman–Crippen MR) is 140 cm³/mol. The van der Waals surface area contributed by atoms with Crippen molar-refractivity contribution in [3.8, 4) is 12.3 Å². The van der Waals surface area contributed by atoms with Gasteiger partial charge in [0.05, 0.1) is 33.0 Å². The van der Waals surface area contributed by atoms with E-state index in [1.807, 2.05) is 60.7 Å². The molecule has 2 aliphatic rings. The van der Waals surface area contributed by atoms with Gasteiger partial charge < -0.3 is 23.5 Å². The largest absolute Gasteiger partial charge is 0.407 e. The maximum atomic E-state index is 14.3. The number of hydrogen-bond acceptors (Lipinski definition) is 6. The zero-order chi connectivity index (χ0) is 25.6. The van der Waals surface area contributed by atoms with Gasteiger partial charge in [-0.15, -0.1) is 6.42 Å². The highest BCUT2D eigenvalue weighted by atomic mass is 28.4. The summed E-state index contributed by atoms with van der Waals surface area (Å²) in [5, 5.41) is 3.06. The molecule has 0 bridgehead atoms. The lowest BCUT2D eigenvalue weighted by atomic mass is 9.96. The number of halogens is 1. The molecule has 1 saturated heterocycles. The third-order valence-corrected chi connectivity index (χ3v) is 7.00. The van der Waals surface area contributed by atoms with Gasteiger partial charge in [-0.05, 0) is 30.8 Å². The van der Waals surface area contributed by atoms with Crippen LogP contribution in [0, 0.1) is 12.3 Å². The highest BCUT2D eigenvalue weighted by Gasteiger charge is 2.58. The first-order valence-corrected chi connectivity index (χ1v) is 15.6. The first-order chi connectivity index (χ1) is 17.3. The smallest absolute Gasteiger partial charge is 0.184 e. The molecule has 0 aliphatic carbocycles. The van der Waals surface area contributed by atoms with E-state index in [9.17, 15) is 4.39 Å². The SMILES string of the molecule is C#C[C@]1(COCc2ccccc2)O[C@@H](N2C=C(F)CNC2)[C@@H](O[Si](C)(C)C)[C@@H]1OCc1ccccc1. The van der Waals surface area contributed by atoms with E-state index in [2.05, 4.69) is 30.9 Å². The molecule has 1 N–H and O–H groups in total. The fraction of sp³-hybridized carbons (Fsp3) is 0.429. The molecule has 8 heteroatoms. The van der Waals surface area contributed by atoms with Crippen molar-refractivity contribution in [2.75, 3.05) is 19.8 Å². The molecule has 0 saturated carbocycles. The number of nitrogens with one attached hydrogen (secondary N) is 1. The van der Waals surface area contributed by atoms with E-state index >= 15 is 0 Å². The zero-order valence-electron chi connectivity index (χ0n) is 21.2. The third-order valence-electron chi connectivity index (χ3n) is 6.03. The molecule has 2 aromatic rings. The maximum absolute atomic E-state index is 14.3. The molecule has 0 amide bonds. The van der Waals surface area contributed by atoms with Crippen LogP contribution in [-0.4, -0.2) is 57.1 Å². The van der Waals surface area contributed by atoms with Crippen LogP contribution in [0.2, 0.25) is 19.6 Å². The lowest BCUT2D eigenvalue weighted by molar-refractivity contribution is -0.133. The van der Waals surface area contributed by atoms with Gasteiger partial charge in [0.1, 0.15) is 18.0 Å². The van der Waals surface area contributed by atoms with Gasteiger partial charge in [0, 0.05) is 6.20 Å². The summed E-state index contributed by atoms with van der Waals surface area (Å²) in [6.07, 6.45) is 5.80. The van der Waals surface area contributed by atoms with Crippen molar-refractivity contribution in [3.05, 3.63) is 83.8 Å². The van der Waals surface area contributed by atoms with Crippen LogP contribution in [-0.2, 0) is 31.9 Å². The van der Waals surface area contributed by atoms with Crippen LogP contribution in [0.4, 0.5) is 4.39 Å². The Morgan fingerprint density at radius 2 is 1.72 bits per heavy atom. The topological polar surface area (TPSA) is 52.2 Å². The summed E-state index contributed by atoms with van der Waals surface area (Å²) in [4.78, 5) is 1.76. The van der Waals surface area contributed by atoms with Crippen molar-refractivity contribution in [3.63, 3.8) is 0 Å². The van der Waals surface area contributed by atoms with E-state index in [0.717, 1.165) is 11.1 Å². The second kappa shape index (κ2) is 11.7. The minimum atomic E-state index is -2.08. The van der Waals surface area contributed by atoms with Crippen LogP contribution in [0.3, 0.4) is 0 Å². The average molecular weight is 511 g/mol. The molecule has 0 aromatic heterocycles. The molecular weight excluding hydrogens is 475 g/mol. The van der Waals surface area contributed by atoms with Gasteiger partial charge in [-0.2, -0.15) is 0 Å². The Balaban J connectivity index is 1.64. The molecule has 36 heavy (non-hydrogen) atoms. The summed E-state index contributed by atoms with van der Waals surface area (Å²) in [6.45, 7) is 7.70. The number of ether oxygens (including phenoxy) is 3. The minimum absolute atomic E-state index is 0.105. The van der Waals surface area contributed by atoms with Gasteiger partial charge in [-0.25, -0.2) is 4.39 Å². The Bertz CT molecular complexity index is 1060. The summed E-state index contributed by atoms with van der Waals surface area (Å²) in [5.41, 5.74) is 0.816. The summed E-state index contributed by atoms with van der Waals surface area (Å²) in [6, 6.07) is 19.8. The van der Waals surface area contributed by atoms with E-state index in [-0.39, 0.29) is 19.0 Å². The fourth-order valence-corrected chi connectivity index (χ4v) is 5.50. The maximum Gasteiger partial charge on any atom is 0.184 e. The van der Waals surface area contributed by atoms with Crippen LogP contribution >= 0.6 is 0 Å². The Morgan fingerprint density at radius 1 is 1.08 bits per heavy atom. The third kappa shape index (κ3) is 6.62. The normalized spacial score (nSPS) is 26.5. The molecule has 6 nitrogen and oxygen atoms in total. The van der Waals surface area contributed by atoms with E-state index in [1.165, 1.54) is 6.20 Å². The number of hydrogen-bond donors (Lipinski definition) is 1. The Kier molecular flexibility index (Phi) is 8.62. The van der Waals surface area contributed by atoms with Crippen molar-refractivity contribution >= 4 is 8.32 Å². The standard InChI is InChI=1S/C28H35FN2O4Si/c1-5-28(20-32-18-22-12-8-6-9-13-22)26(33-19-23-14-10-7-11-15-23)25(35-36(2,3)4)27(34-28)31-17-24(29)16-30-21-31/h1,6-15,17,25-27,30H,16,18-21H2,2-4H3/t25-,26-,27+,28+/m0/s1. The Morgan fingerprint density at radius 3 is 2.31 bits per heavy atom. The second-order valence-corrected chi connectivity index (χ2v) is 14.6. The highest BCUT2D eigenvalue weighted by molar-refractivity contribution is 6.69. The van der Waals surface area contributed by atoms with Gasteiger partial charge in [0.25, 0.3) is 0 Å². The average Bonchev–Trinajstić information content (AvgIpc) is 3.16. The molecule has 1 fully saturated rings. The molecule has 4 atom stereocenters. The van der Waals surface area contributed by atoms with E-state index < -0.39 is 32.4 Å². The van der Waals surface area contributed by atoms with Crippen molar-refractivity contribution in [1.29, 1.82) is 0 Å². The number of benzene rings is 2. The summed E-state index contributed by atoms with van der Waals surface area (Å²) in [7, 11) is -2.08. The Hall–Kier alpha value is -2.51. The lowest BCUT2D eigenvalue weighted by Gasteiger charge is -2.36. The molecule has 2 heterocycles. The van der Waals surface area contributed by atoms with Gasteiger partial charge >= 0.3 is 0 Å². The quantitative estimate of drug-likeness (QED) is 0.378. The van der Waals surface area contributed by atoms with Crippen LogP contribution in [0.5, 0.6) is 0 Å².